The van der Waals surface area contributed by atoms with Crippen molar-refractivity contribution in [2.45, 2.75) is 45.4 Å². The highest BCUT2D eigenvalue weighted by atomic mass is 16.7. The molecule has 0 unspecified atom stereocenters. The Bertz CT molecular complexity index is 660. The molecule has 21 heavy (non-hydrogen) atoms. The number of benzene rings is 1. The van der Waals surface area contributed by atoms with Crippen LogP contribution in [0.3, 0.4) is 0 Å². The Labute approximate surface area is 125 Å². The van der Waals surface area contributed by atoms with E-state index in [0.29, 0.717) is 13.2 Å². The maximum Gasteiger partial charge on any atom is 0.494 e. The van der Waals surface area contributed by atoms with Crippen LogP contribution in [0.1, 0.15) is 27.7 Å². The van der Waals surface area contributed by atoms with E-state index in [0.717, 1.165) is 16.5 Å². The van der Waals surface area contributed by atoms with E-state index >= 15 is 0 Å². The van der Waals surface area contributed by atoms with E-state index in [1.54, 1.807) is 20.2 Å². The van der Waals surface area contributed by atoms with E-state index in [-0.39, 0.29) is 12.7 Å². The van der Waals surface area contributed by atoms with Gasteiger partial charge in [0, 0.05) is 0 Å². The van der Waals surface area contributed by atoms with Crippen LogP contribution in [0.4, 0.5) is 0 Å². The normalized spacial score (nSPS) is 18.6. The van der Waals surface area contributed by atoms with Crippen molar-refractivity contribution in [2.75, 3.05) is 6.61 Å². The molecule has 1 aliphatic heterocycles. The van der Waals surface area contributed by atoms with Crippen LogP contribution in [0, 0.1) is 0 Å². The van der Waals surface area contributed by atoms with E-state index in [1.165, 1.54) is 0 Å². The maximum atomic E-state index is 10.0. The standard InChI is InChI=1S/C15H21BN2O3/c1-14(2,19)8-18-10-17-12-6-5-11(7-13(12)18)16-20-9-15(3,4)21-16/h5-7,10,19H,8-9H2,1-4H3. The highest BCUT2D eigenvalue weighted by Crippen LogP contribution is 2.21. The van der Waals surface area contributed by atoms with Crippen molar-refractivity contribution in [1.29, 1.82) is 0 Å². The van der Waals surface area contributed by atoms with Crippen LogP contribution in [0.25, 0.3) is 11.0 Å². The lowest BCUT2D eigenvalue weighted by Gasteiger charge is -2.18. The number of aliphatic hydroxyl groups is 1. The fraction of sp³-hybridized carbons (Fsp3) is 0.533. The molecule has 1 N–H and O–H groups in total. The number of imidazole rings is 1. The molecule has 1 fully saturated rings. The van der Waals surface area contributed by atoms with Crippen molar-refractivity contribution in [2.24, 2.45) is 0 Å². The lowest BCUT2D eigenvalue weighted by atomic mass is 9.79. The number of aromatic nitrogens is 2. The van der Waals surface area contributed by atoms with Gasteiger partial charge in [0.05, 0.1) is 41.7 Å². The van der Waals surface area contributed by atoms with Crippen LogP contribution in [-0.4, -0.2) is 39.6 Å². The monoisotopic (exact) mass is 288 g/mol. The van der Waals surface area contributed by atoms with Crippen LogP contribution in [0.5, 0.6) is 0 Å². The van der Waals surface area contributed by atoms with Crippen LogP contribution >= 0.6 is 0 Å². The predicted octanol–water partition coefficient (Wildman–Crippen LogP) is 1.33. The van der Waals surface area contributed by atoms with Crippen LogP contribution < -0.4 is 5.46 Å². The molecule has 0 radical (unpaired) electrons. The molecule has 0 atom stereocenters. The molecule has 1 saturated heterocycles. The zero-order chi connectivity index (χ0) is 15.3. The molecule has 2 aromatic rings. The third-order valence-electron chi connectivity index (χ3n) is 3.48. The Morgan fingerprint density at radius 3 is 2.81 bits per heavy atom. The van der Waals surface area contributed by atoms with Crippen LogP contribution in [-0.2, 0) is 15.9 Å². The summed E-state index contributed by atoms with van der Waals surface area (Å²) in [5, 5.41) is 10.0. The van der Waals surface area contributed by atoms with Crippen LogP contribution in [0.2, 0.25) is 0 Å². The topological polar surface area (TPSA) is 56.5 Å². The van der Waals surface area contributed by atoms with Gasteiger partial charge in [-0.3, -0.25) is 0 Å². The summed E-state index contributed by atoms with van der Waals surface area (Å²) in [5.74, 6) is 0. The average molecular weight is 288 g/mol. The van der Waals surface area contributed by atoms with E-state index in [1.807, 2.05) is 36.6 Å². The second kappa shape index (κ2) is 4.83. The summed E-state index contributed by atoms with van der Waals surface area (Å²) in [6, 6.07) is 5.97. The zero-order valence-corrected chi connectivity index (χ0v) is 13.0. The number of rotatable bonds is 3. The van der Waals surface area contributed by atoms with Gasteiger partial charge < -0.3 is 19.0 Å². The van der Waals surface area contributed by atoms with Crippen molar-refractivity contribution < 1.29 is 14.4 Å². The minimum Gasteiger partial charge on any atom is -0.404 e. The van der Waals surface area contributed by atoms with Crippen molar-refractivity contribution in [3.05, 3.63) is 24.5 Å². The Hall–Kier alpha value is -1.37. The first-order valence-corrected chi connectivity index (χ1v) is 7.20. The largest absolute Gasteiger partial charge is 0.494 e. The second-order valence-electron chi connectivity index (χ2n) is 6.95. The molecule has 0 spiro atoms. The fourth-order valence-electron chi connectivity index (χ4n) is 2.56. The molecule has 2 heterocycles. The van der Waals surface area contributed by atoms with Crippen molar-refractivity contribution in [1.82, 2.24) is 9.55 Å². The van der Waals surface area contributed by atoms with E-state index < -0.39 is 5.60 Å². The SMILES string of the molecule is CC(C)(O)Cn1cnc2ccc(B3OCC(C)(C)O3)cc21. The molecule has 0 bridgehead atoms. The molecule has 3 rings (SSSR count). The van der Waals surface area contributed by atoms with E-state index in [4.69, 9.17) is 9.31 Å². The van der Waals surface area contributed by atoms with Gasteiger partial charge in [0.2, 0.25) is 0 Å². The first-order valence-electron chi connectivity index (χ1n) is 7.20. The summed E-state index contributed by atoms with van der Waals surface area (Å²) in [5.41, 5.74) is 1.82. The highest BCUT2D eigenvalue weighted by molar-refractivity contribution is 6.62. The Kier molecular flexibility index (Phi) is 3.35. The molecule has 1 aromatic heterocycles. The Morgan fingerprint density at radius 1 is 1.43 bits per heavy atom. The summed E-state index contributed by atoms with van der Waals surface area (Å²) in [6.45, 7) is 8.68. The third kappa shape index (κ3) is 3.12. The molecule has 1 aromatic carbocycles. The molecular weight excluding hydrogens is 267 g/mol. The van der Waals surface area contributed by atoms with E-state index in [2.05, 4.69) is 4.98 Å². The van der Waals surface area contributed by atoms with Gasteiger partial charge in [-0.15, -0.1) is 0 Å². The summed E-state index contributed by atoms with van der Waals surface area (Å²) < 4.78 is 13.6. The van der Waals surface area contributed by atoms with Crippen LogP contribution in [0.15, 0.2) is 24.5 Å². The maximum absolute atomic E-state index is 10.0. The van der Waals surface area contributed by atoms with Crippen molar-refractivity contribution in [3.8, 4) is 0 Å². The summed E-state index contributed by atoms with van der Waals surface area (Å²) in [4.78, 5) is 4.37. The summed E-state index contributed by atoms with van der Waals surface area (Å²) >= 11 is 0. The molecule has 112 valence electrons. The minimum atomic E-state index is -0.786. The molecule has 0 saturated carbocycles. The molecule has 6 heteroatoms. The molecule has 0 aliphatic carbocycles. The molecule has 5 nitrogen and oxygen atoms in total. The lowest BCUT2D eigenvalue weighted by Crippen LogP contribution is -2.34. The Morgan fingerprint density at radius 2 is 2.19 bits per heavy atom. The first-order chi connectivity index (χ1) is 9.73. The van der Waals surface area contributed by atoms with Gasteiger partial charge in [-0.1, -0.05) is 6.07 Å². The smallest absolute Gasteiger partial charge is 0.404 e. The van der Waals surface area contributed by atoms with Gasteiger partial charge >= 0.3 is 7.12 Å². The van der Waals surface area contributed by atoms with Crippen molar-refractivity contribution in [3.63, 3.8) is 0 Å². The van der Waals surface area contributed by atoms with Gasteiger partial charge in [-0.25, -0.2) is 4.98 Å². The number of hydrogen-bond donors (Lipinski definition) is 1. The number of fused-ring (bicyclic) bond motifs is 1. The zero-order valence-electron chi connectivity index (χ0n) is 13.0. The molecule has 1 aliphatic rings. The van der Waals surface area contributed by atoms with E-state index in [9.17, 15) is 5.11 Å². The molecular formula is C15H21BN2O3. The van der Waals surface area contributed by atoms with Gasteiger partial charge in [0.1, 0.15) is 0 Å². The fourth-order valence-corrected chi connectivity index (χ4v) is 2.56. The predicted molar refractivity (Wildman–Crippen MR) is 82.5 cm³/mol. The number of hydrogen-bond acceptors (Lipinski definition) is 4. The second-order valence-corrected chi connectivity index (χ2v) is 6.95. The summed E-state index contributed by atoms with van der Waals surface area (Å²) in [6.07, 6.45) is 1.76. The van der Waals surface area contributed by atoms with Gasteiger partial charge in [-0.2, -0.15) is 0 Å². The first kappa shape index (κ1) is 14.6. The van der Waals surface area contributed by atoms with Gasteiger partial charge in [-0.05, 0) is 45.3 Å². The number of nitrogens with zero attached hydrogens (tertiary/aromatic N) is 2. The highest BCUT2D eigenvalue weighted by Gasteiger charge is 2.38. The van der Waals surface area contributed by atoms with Crippen molar-refractivity contribution >= 4 is 23.6 Å². The molecule has 0 amide bonds. The van der Waals surface area contributed by atoms with Gasteiger partial charge in [0.15, 0.2) is 0 Å². The lowest BCUT2D eigenvalue weighted by molar-refractivity contribution is 0.0627. The van der Waals surface area contributed by atoms with Gasteiger partial charge in [0.25, 0.3) is 0 Å². The average Bonchev–Trinajstić information content (AvgIpc) is 2.91. The minimum absolute atomic E-state index is 0.257. The Balaban J connectivity index is 1.94. The third-order valence-corrected chi connectivity index (χ3v) is 3.48. The quantitative estimate of drug-likeness (QED) is 0.866. The summed E-state index contributed by atoms with van der Waals surface area (Å²) in [7, 11) is -0.338.